The van der Waals surface area contributed by atoms with E-state index >= 15 is 0 Å². The van der Waals surface area contributed by atoms with Gasteiger partial charge in [0.2, 0.25) is 0 Å². The van der Waals surface area contributed by atoms with E-state index in [4.69, 9.17) is 0 Å². The molecular weight excluding hydrogens is 426 g/mol. The quantitative estimate of drug-likeness (QED) is 0.354. The summed E-state index contributed by atoms with van der Waals surface area (Å²) in [7, 11) is 0. The molecule has 34 heavy (non-hydrogen) atoms. The number of benzene rings is 3. The van der Waals surface area contributed by atoms with E-state index in [0.29, 0.717) is 16.9 Å². The molecule has 4 rings (SSSR count). The molecule has 0 fully saturated rings. The largest absolute Gasteiger partial charge is 0.345 e. The number of hydrogen-bond acceptors (Lipinski definition) is 3. The van der Waals surface area contributed by atoms with Gasteiger partial charge in [-0.25, -0.2) is 9.48 Å². The lowest BCUT2D eigenvalue weighted by atomic mass is 10.1. The van der Waals surface area contributed by atoms with Gasteiger partial charge in [-0.05, 0) is 62.2 Å². The second-order valence-corrected chi connectivity index (χ2v) is 8.10. The fourth-order valence-electron chi connectivity index (χ4n) is 3.70. The van der Waals surface area contributed by atoms with Crippen molar-refractivity contribution >= 4 is 23.3 Å². The lowest BCUT2D eigenvalue weighted by molar-refractivity contribution is 0.0939. The minimum absolute atomic E-state index is 0.186. The number of nitrogens with one attached hydrogen (secondary N) is 3. The van der Waals surface area contributed by atoms with E-state index in [-0.39, 0.29) is 18.0 Å². The Morgan fingerprint density at radius 1 is 0.824 bits per heavy atom. The maximum atomic E-state index is 12.9. The molecule has 0 radical (unpaired) electrons. The van der Waals surface area contributed by atoms with E-state index in [0.717, 1.165) is 22.5 Å². The van der Waals surface area contributed by atoms with Gasteiger partial charge < -0.3 is 16.0 Å². The normalized spacial score (nSPS) is 11.5. The van der Waals surface area contributed by atoms with Crippen molar-refractivity contribution in [3.63, 3.8) is 0 Å². The molecule has 0 aliphatic rings. The number of urea groups is 1. The number of aromatic nitrogens is 2. The summed E-state index contributed by atoms with van der Waals surface area (Å²) in [4.78, 5) is 25.1. The van der Waals surface area contributed by atoms with Crippen LogP contribution in [0.2, 0.25) is 0 Å². The fourth-order valence-corrected chi connectivity index (χ4v) is 3.70. The van der Waals surface area contributed by atoms with Gasteiger partial charge in [0.1, 0.15) is 0 Å². The second kappa shape index (κ2) is 10.0. The summed E-state index contributed by atoms with van der Waals surface area (Å²) in [6, 6.07) is 24.0. The van der Waals surface area contributed by atoms with E-state index in [9.17, 15) is 9.59 Å². The lowest BCUT2D eigenvalue weighted by Crippen LogP contribution is -2.27. The first-order valence-corrected chi connectivity index (χ1v) is 11.1. The number of carbonyl (C=O) groups is 2. The van der Waals surface area contributed by atoms with Crippen LogP contribution in [0, 0.1) is 13.8 Å². The smallest absolute Gasteiger partial charge is 0.323 e. The van der Waals surface area contributed by atoms with Crippen molar-refractivity contribution in [2.75, 3.05) is 10.6 Å². The summed E-state index contributed by atoms with van der Waals surface area (Å²) >= 11 is 0. The summed E-state index contributed by atoms with van der Waals surface area (Å²) in [5.41, 5.74) is 5.65. The van der Waals surface area contributed by atoms with Crippen molar-refractivity contribution in [1.29, 1.82) is 0 Å². The predicted octanol–water partition coefficient (Wildman–Crippen LogP) is 5.62. The number of para-hydroxylation sites is 2. The van der Waals surface area contributed by atoms with Gasteiger partial charge in [-0.2, -0.15) is 5.10 Å². The highest BCUT2D eigenvalue weighted by Crippen LogP contribution is 2.20. The Hall–Kier alpha value is -4.39. The highest BCUT2D eigenvalue weighted by Gasteiger charge is 2.18. The van der Waals surface area contributed by atoms with Crippen LogP contribution in [0.4, 0.5) is 16.2 Å². The van der Waals surface area contributed by atoms with Crippen LogP contribution in [0.25, 0.3) is 5.69 Å². The monoisotopic (exact) mass is 453 g/mol. The van der Waals surface area contributed by atoms with Crippen LogP contribution in [0.3, 0.4) is 0 Å². The molecule has 3 aromatic carbocycles. The third kappa shape index (κ3) is 5.15. The van der Waals surface area contributed by atoms with Crippen LogP contribution in [-0.2, 0) is 0 Å². The molecule has 3 amide bonds. The fraction of sp³-hybridized carbons (Fsp3) is 0.148. The molecule has 0 aliphatic carbocycles. The Balaban J connectivity index is 1.38. The molecule has 0 saturated heterocycles. The van der Waals surface area contributed by atoms with Gasteiger partial charge in [-0.1, -0.05) is 48.5 Å². The number of anilines is 2. The number of carbonyl (C=O) groups excluding carboxylic acids is 2. The summed E-state index contributed by atoms with van der Waals surface area (Å²) in [6.45, 7) is 5.83. The van der Waals surface area contributed by atoms with Crippen LogP contribution in [-0.4, -0.2) is 21.7 Å². The third-order valence-electron chi connectivity index (χ3n) is 5.65. The lowest BCUT2D eigenvalue weighted by Gasteiger charge is -2.15. The summed E-state index contributed by atoms with van der Waals surface area (Å²) in [5, 5.41) is 13.0. The highest BCUT2D eigenvalue weighted by atomic mass is 16.2. The molecule has 1 atom stereocenters. The van der Waals surface area contributed by atoms with Gasteiger partial charge in [-0.3, -0.25) is 4.79 Å². The molecule has 7 nitrogen and oxygen atoms in total. The van der Waals surface area contributed by atoms with Gasteiger partial charge in [0, 0.05) is 11.4 Å². The molecular formula is C27H27N5O2. The molecule has 1 aromatic heterocycles. The summed E-state index contributed by atoms with van der Waals surface area (Å²) in [6.07, 6.45) is 1.60. The molecule has 3 N–H and O–H groups in total. The van der Waals surface area contributed by atoms with Crippen molar-refractivity contribution in [1.82, 2.24) is 15.1 Å². The van der Waals surface area contributed by atoms with E-state index < -0.39 is 0 Å². The first-order chi connectivity index (χ1) is 16.4. The van der Waals surface area contributed by atoms with Crippen molar-refractivity contribution < 1.29 is 9.59 Å². The van der Waals surface area contributed by atoms with Crippen LogP contribution >= 0.6 is 0 Å². The maximum Gasteiger partial charge on any atom is 0.323 e. The van der Waals surface area contributed by atoms with E-state index in [1.54, 1.807) is 10.9 Å². The highest BCUT2D eigenvalue weighted by molar-refractivity contribution is 5.99. The van der Waals surface area contributed by atoms with Gasteiger partial charge in [0.25, 0.3) is 5.91 Å². The molecule has 7 heteroatoms. The van der Waals surface area contributed by atoms with E-state index in [1.165, 1.54) is 0 Å². The Kier molecular flexibility index (Phi) is 6.73. The first kappa shape index (κ1) is 22.8. The molecule has 0 saturated carbocycles. The minimum atomic E-state index is -0.318. The van der Waals surface area contributed by atoms with Gasteiger partial charge in [-0.15, -0.1) is 0 Å². The average Bonchev–Trinajstić information content (AvgIpc) is 3.21. The second-order valence-electron chi connectivity index (χ2n) is 8.10. The molecule has 0 bridgehead atoms. The first-order valence-electron chi connectivity index (χ1n) is 11.1. The SMILES string of the molecule is Cc1ccccc1-n1ncc(C(=O)NC(C)c2ccc(NC(=O)Nc3ccccc3)cc2)c1C. The molecule has 1 unspecified atom stereocenters. The summed E-state index contributed by atoms with van der Waals surface area (Å²) in [5.74, 6) is -0.186. The van der Waals surface area contributed by atoms with Crippen molar-refractivity contribution in [3.05, 3.63) is 107 Å². The Bertz CT molecular complexity index is 1300. The van der Waals surface area contributed by atoms with E-state index in [1.807, 2.05) is 99.6 Å². The van der Waals surface area contributed by atoms with Crippen molar-refractivity contribution in [2.45, 2.75) is 26.8 Å². The maximum absolute atomic E-state index is 12.9. The van der Waals surface area contributed by atoms with Crippen molar-refractivity contribution in [2.24, 2.45) is 0 Å². The molecule has 4 aromatic rings. The van der Waals surface area contributed by atoms with Gasteiger partial charge >= 0.3 is 6.03 Å². The third-order valence-corrected chi connectivity index (χ3v) is 5.65. The number of rotatable bonds is 6. The number of aryl methyl sites for hydroxylation is 1. The van der Waals surface area contributed by atoms with Gasteiger partial charge in [0.15, 0.2) is 0 Å². The zero-order chi connectivity index (χ0) is 24.1. The molecule has 172 valence electrons. The van der Waals surface area contributed by atoms with Crippen LogP contribution < -0.4 is 16.0 Å². The molecule has 0 aliphatic heterocycles. The molecule has 0 spiro atoms. The van der Waals surface area contributed by atoms with Gasteiger partial charge in [0.05, 0.1) is 29.2 Å². The van der Waals surface area contributed by atoms with Crippen LogP contribution in [0.15, 0.2) is 85.1 Å². The zero-order valence-corrected chi connectivity index (χ0v) is 19.4. The van der Waals surface area contributed by atoms with Crippen molar-refractivity contribution in [3.8, 4) is 5.69 Å². The predicted molar refractivity (Wildman–Crippen MR) is 134 cm³/mol. The Morgan fingerprint density at radius 2 is 1.44 bits per heavy atom. The summed E-state index contributed by atoms with van der Waals surface area (Å²) < 4.78 is 1.79. The zero-order valence-electron chi connectivity index (χ0n) is 19.4. The Morgan fingerprint density at radius 3 is 2.12 bits per heavy atom. The average molecular weight is 454 g/mol. The molecule has 1 heterocycles. The van der Waals surface area contributed by atoms with Crippen LogP contribution in [0.1, 0.15) is 40.1 Å². The number of nitrogens with zero attached hydrogens (tertiary/aromatic N) is 2. The number of amides is 3. The van der Waals surface area contributed by atoms with E-state index in [2.05, 4.69) is 21.0 Å². The number of hydrogen-bond donors (Lipinski definition) is 3. The minimum Gasteiger partial charge on any atom is -0.345 e. The topological polar surface area (TPSA) is 88.1 Å². The Labute approximate surface area is 198 Å². The standard InChI is InChI=1S/C27H27N5O2/c1-18-9-7-8-12-25(18)32-20(3)24(17-28-32)26(33)29-19(2)21-13-15-23(16-14-21)31-27(34)30-22-10-5-4-6-11-22/h4-17,19H,1-3H3,(H,29,33)(H2,30,31,34). The van der Waals surface area contributed by atoms with Crippen LogP contribution in [0.5, 0.6) is 0 Å².